The van der Waals surface area contributed by atoms with E-state index in [1.54, 1.807) is 18.4 Å². The monoisotopic (exact) mass is 207 g/mol. The Morgan fingerprint density at radius 3 is 2.80 bits per heavy atom. The van der Waals surface area contributed by atoms with Crippen LogP contribution in [0, 0.1) is 5.92 Å². The van der Waals surface area contributed by atoms with E-state index in [1.807, 2.05) is 13.8 Å². The van der Waals surface area contributed by atoms with E-state index in [0.29, 0.717) is 17.5 Å². The fourth-order valence-corrected chi connectivity index (χ4v) is 1.16. The zero-order chi connectivity index (χ0) is 10.8. The minimum atomic E-state index is -0.235. The van der Waals surface area contributed by atoms with Gasteiger partial charge in [0.2, 0.25) is 11.7 Å². The van der Waals surface area contributed by atoms with Gasteiger partial charge in [0.15, 0.2) is 5.76 Å². The third kappa shape index (κ3) is 1.92. The van der Waals surface area contributed by atoms with Gasteiger partial charge < -0.3 is 14.7 Å². The molecule has 2 heterocycles. The van der Waals surface area contributed by atoms with Crippen molar-refractivity contribution in [2.24, 2.45) is 11.7 Å². The predicted molar refractivity (Wildman–Crippen MR) is 53.8 cm³/mol. The molecule has 0 saturated heterocycles. The highest BCUT2D eigenvalue weighted by Crippen LogP contribution is 2.21. The zero-order valence-corrected chi connectivity index (χ0v) is 8.68. The third-order valence-corrected chi connectivity index (χ3v) is 2.19. The normalized spacial score (nSPS) is 13.3. The maximum atomic E-state index is 5.88. The molecule has 2 rings (SSSR count). The lowest BCUT2D eigenvalue weighted by Crippen LogP contribution is -2.16. The second kappa shape index (κ2) is 3.86. The molecule has 0 aliphatic heterocycles. The molecular formula is C10H13N3O2. The van der Waals surface area contributed by atoms with Gasteiger partial charge in [0.25, 0.3) is 0 Å². The fraction of sp³-hybridized carbons (Fsp3) is 0.400. The van der Waals surface area contributed by atoms with Gasteiger partial charge in [0.05, 0.1) is 12.3 Å². The number of aromatic nitrogens is 2. The van der Waals surface area contributed by atoms with Gasteiger partial charge in [-0.2, -0.15) is 4.98 Å². The Labute approximate surface area is 87.3 Å². The molecule has 0 radical (unpaired) electrons. The van der Waals surface area contributed by atoms with Crippen LogP contribution in [-0.2, 0) is 0 Å². The SMILES string of the molecule is CC(C)[C@H](N)c1nc(-c2ccco2)no1. The van der Waals surface area contributed by atoms with Crippen molar-refractivity contribution < 1.29 is 8.94 Å². The molecule has 0 aliphatic carbocycles. The summed E-state index contributed by atoms with van der Waals surface area (Å²) in [6.45, 7) is 4.00. The molecule has 0 aliphatic rings. The number of hydrogen-bond donors (Lipinski definition) is 1. The van der Waals surface area contributed by atoms with Gasteiger partial charge in [-0.1, -0.05) is 19.0 Å². The van der Waals surface area contributed by atoms with Gasteiger partial charge in [-0.15, -0.1) is 0 Å². The van der Waals surface area contributed by atoms with Crippen molar-refractivity contribution in [3.05, 3.63) is 24.3 Å². The molecule has 5 heteroatoms. The second-order valence-corrected chi connectivity index (χ2v) is 3.70. The fourth-order valence-electron chi connectivity index (χ4n) is 1.16. The third-order valence-electron chi connectivity index (χ3n) is 2.19. The van der Waals surface area contributed by atoms with E-state index in [4.69, 9.17) is 14.7 Å². The molecule has 15 heavy (non-hydrogen) atoms. The van der Waals surface area contributed by atoms with E-state index in [0.717, 1.165) is 0 Å². The standard InChI is InChI=1S/C10H13N3O2/c1-6(2)8(11)10-12-9(13-15-10)7-4-3-5-14-7/h3-6,8H,11H2,1-2H3/t8-/m0/s1. The Morgan fingerprint density at radius 2 is 2.20 bits per heavy atom. The molecule has 1 atom stereocenters. The van der Waals surface area contributed by atoms with Crippen LogP contribution in [0.3, 0.4) is 0 Å². The van der Waals surface area contributed by atoms with Gasteiger partial charge in [0, 0.05) is 0 Å². The predicted octanol–water partition coefficient (Wildman–Crippen LogP) is 1.99. The molecule has 0 fully saturated rings. The largest absolute Gasteiger partial charge is 0.461 e. The van der Waals surface area contributed by atoms with Crippen LogP contribution in [0.25, 0.3) is 11.6 Å². The lowest BCUT2D eigenvalue weighted by atomic mass is 10.1. The van der Waals surface area contributed by atoms with Crippen molar-refractivity contribution in [3.8, 4) is 11.6 Å². The van der Waals surface area contributed by atoms with Crippen molar-refractivity contribution >= 4 is 0 Å². The Hall–Kier alpha value is -1.62. The Morgan fingerprint density at radius 1 is 1.40 bits per heavy atom. The summed E-state index contributed by atoms with van der Waals surface area (Å²) in [6, 6.07) is 3.31. The molecule has 80 valence electrons. The number of nitrogens with two attached hydrogens (primary N) is 1. The first-order valence-electron chi connectivity index (χ1n) is 4.81. The maximum absolute atomic E-state index is 5.88. The lowest BCUT2D eigenvalue weighted by Gasteiger charge is -2.08. The van der Waals surface area contributed by atoms with E-state index in [1.165, 1.54) is 0 Å². The number of rotatable bonds is 3. The molecule has 0 unspecified atom stereocenters. The van der Waals surface area contributed by atoms with E-state index in [-0.39, 0.29) is 12.0 Å². The van der Waals surface area contributed by atoms with Gasteiger partial charge in [-0.3, -0.25) is 0 Å². The minimum Gasteiger partial charge on any atom is -0.461 e. The topological polar surface area (TPSA) is 78.1 Å². The molecule has 0 bridgehead atoms. The smallest absolute Gasteiger partial charge is 0.244 e. The van der Waals surface area contributed by atoms with E-state index in [2.05, 4.69) is 10.1 Å². The van der Waals surface area contributed by atoms with Gasteiger partial charge in [-0.05, 0) is 18.1 Å². The van der Waals surface area contributed by atoms with Crippen molar-refractivity contribution in [1.29, 1.82) is 0 Å². The highest BCUT2D eigenvalue weighted by molar-refractivity contribution is 5.44. The summed E-state index contributed by atoms with van der Waals surface area (Å²) in [5.74, 6) is 1.72. The van der Waals surface area contributed by atoms with Crippen molar-refractivity contribution in [2.45, 2.75) is 19.9 Å². The molecule has 2 N–H and O–H groups in total. The first-order chi connectivity index (χ1) is 7.18. The molecular weight excluding hydrogens is 194 g/mol. The molecule has 0 amide bonds. The Balaban J connectivity index is 2.25. The summed E-state index contributed by atoms with van der Waals surface area (Å²) < 4.78 is 10.2. The van der Waals surface area contributed by atoms with Crippen LogP contribution in [0.5, 0.6) is 0 Å². The minimum absolute atomic E-state index is 0.235. The average Bonchev–Trinajstić information content (AvgIpc) is 2.86. The summed E-state index contributed by atoms with van der Waals surface area (Å²) >= 11 is 0. The van der Waals surface area contributed by atoms with Gasteiger partial charge in [-0.25, -0.2) is 0 Å². The lowest BCUT2D eigenvalue weighted by molar-refractivity contribution is 0.324. The van der Waals surface area contributed by atoms with Crippen molar-refractivity contribution in [3.63, 3.8) is 0 Å². The van der Waals surface area contributed by atoms with Crippen LogP contribution in [0.2, 0.25) is 0 Å². The van der Waals surface area contributed by atoms with E-state index >= 15 is 0 Å². The van der Waals surface area contributed by atoms with Crippen molar-refractivity contribution in [2.75, 3.05) is 0 Å². The molecule has 2 aromatic rings. The maximum Gasteiger partial charge on any atom is 0.244 e. The summed E-state index contributed by atoms with van der Waals surface area (Å²) in [5, 5.41) is 3.80. The molecule has 0 aromatic carbocycles. The quantitative estimate of drug-likeness (QED) is 0.832. The van der Waals surface area contributed by atoms with Crippen LogP contribution in [0.4, 0.5) is 0 Å². The highest BCUT2D eigenvalue weighted by Gasteiger charge is 2.19. The highest BCUT2D eigenvalue weighted by atomic mass is 16.5. The number of hydrogen-bond acceptors (Lipinski definition) is 5. The van der Waals surface area contributed by atoms with Gasteiger partial charge >= 0.3 is 0 Å². The van der Waals surface area contributed by atoms with Crippen molar-refractivity contribution in [1.82, 2.24) is 10.1 Å². The summed E-state index contributed by atoms with van der Waals surface area (Å²) in [4.78, 5) is 4.18. The number of furan rings is 1. The Kier molecular flexibility index (Phi) is 2.55. The van der Waals surface area contributed by atoms with Gasteiger partial charge in [0.1, 0.15) is 0 Å². The average molecular weight is 207 g/mol. The van der Waals surface area contributed by atoms with E-state index in [9.17, 15) is 0 Å². The first kappa shape index (κ1) is 9.92. The zero-order valence-electron chi connectivity index (χ0n) is 8.68. The first-order valence-corrected chi connectivity index (χ1v) is 4.81. The number of nitrogens with zero attached hydrogens (tertiary/aromatic N) is 2. The van der Waals surface area contributed by atoms with Crippen LogP contribution in [0.15, 0.2) is 27.3 Å². The molecule has 0 spiro atoms. The van der Waals surface area contributed by atoms with Crippen LogP contribution < -0.4 is 5.73 Å². The van der Waals surface area contributed by atoms with E-state index < -0.39 is 0 Å². The molecule has 0 saturated carbocycles. The molecule has 2 aromatic heterocycles. The molecule has 5 nitrogen and oxygen atoms in total. The van der Waals surface area contributed by atoms with Crippen LogP contribution in [-0.4, -0.2) is 10.1 Å². The van der Waals surface area contributed by atoms with Crippen LogP contribution >= 0.6 is 0 Å². The van der Waals surface area contributed by atoms with Crippen LogP contribution in [0.1, 0.15) is 25.8 Å². The summed E-state index contributed by atoms with van der Waals surface area (Å²) in [5.41, 5.74) is 5.88. The second-order valence-electron chi connectivity index (χ2n) is 3.70. The summed E-state index contributed by atoms with van der Waals surface area (Å²) in [7, 11) is 0. The summed E-state index contributed by atoms with van der Waals surface area (Å²) in [6.07, 6.45) is 1.56. The Bertz CT molecular complexity index is 420.